The molecule has 0 saturated heterocycles. The molecule has 1 unspecified atom stereocenters. The molecule has 0 saturated carbocycles. The first-order valence-corrected chi connectivity index (χ1v) is 4.87. The fourth-order valence-electron chi connectivity index (χ4n) is 1.45. The zero-order valence-electron chi connectivity index (χ0n) is 8.59. The van der Waals surface area contributed by atoms with Crippen molar-refractivity contribution in [2.45, 2.75) is 12.3 Å². The number of allylic oxidation sites excluding steroid dienone is 2. The summed E-state index contributed by atoms with van der Waals surface area (Å²) in [6.45, 7) is 0. The van der Waals surface area contributed by atoms with Gasteiger partial charge in [0.15, 0.2) is 11.6 Å². The molecule has 1 aromatic rings. The fourth-order valence-corrected chi connectivity index (χ4v) is 1.45. The maximum Gasteiger partial charge on any atom is 0.289 e. The Morgan fingerprint density at radius 1 is 1.18 bits per heavy atom. The summed E-state index contributed by atoms with van der Waals surface area (Å²) < 4.78 is 57.5. The normalized spacial score (nSPS) is 23.4. The van der Waals surface area contributed by atoms with E-state index in [4.69, 9.17) is 0 Å². The second kappa shape index (κ2) is 4.24. The van der Waals surface area contributed by atoms with Gasteiger partial charge in [-0.15, -0.1) is 0 Å². The molecule has 1 aliphatic carbocycles. The molecule has 1 aromatic carbocycles. The van der Waals surface area contributed by atoms with E-state index >= 15 is 0 Å². The Kier molecular flexibility index (Phi) is 2.92. The Hall–Kier alpha value is -1.78. The van der Waals surface area contributed by atoms with Crippen molar-refractivity contribution in [3.05, 3.63) is 53.9 Å². The Bertz CT molecular complexity index is 495. The zero-order valence-corrected chi connectivity index (χ0v) is 8.59. The van der Waals surface area contributed by atoms with E-state index in [0.717, 1.165) is 18.2 Å². The number of hydrogen-bond acceptors (Lipinski definition) is 1. The summed E-state index contributed by atoms with van der Waals surface area (Å²) in [5.74, 6) is -6.39. The molecule has 2 rings (SSSR count). The number of halogens is 4. The lowest BCUT2D eigenvalue weighted by Crippen LogP contribution is -2.27. The van der Waals surface area contributed by atoms with Crippen molar-refractivity contribution >= 4 is 0 Å². The van der Waals surface area contributed by atoms with E-state index in [1.54, 1.807) is 0 Å². The van der Waals surface area contributed by atoms with E-state index in [-0.39, 0.29) is 6.42 Å². The highest BCUT2D eigenvalue weighted by Crippen LogP contribution is 2.30. The molecule has 0 radical (unpaired) electrons. The lowest BCUT2D eigenvalue weighted by atomic mass is 10.1. The molecular weight excluding hydrogens is 236 g/mol. The highest BCUT2D eigenvalue weighted by Gasteiger charge is 2.30. The summed E-state index contributed by atoms with van der Waals surface area (Å²) >= 11 is 0. The van der Waals surface area contributed by atoms with E-state index in [1.165, 1.54) is 12.1 Å². The van der Waals surface area contributed by atoms with Crippen LogP contribution >= 0.6 is 0 Å². The van der Waals surface area contributed by atoms with E-state index < -0.39 is 29.1 Å². The van der Waals surface area contributed by atoms with Crippen LogP contribution in [0.1, 0.15) is 6.42 Å². The predicted molar refractivity (Wildman–Crippen MR) is 53.8 cm³/mol. The topological polar surface area (TPSA) is 9.23 Å². The third kappa shape index (κ3) is 2.49. The Morgan fingerprint density at radius 3 is 2.65 bits per heavy atom. The summed E-state index contributed by atoms with van der Waals surface area (Å²) in [5, 5.41) is 0. The third-order valence-corrected chi connectivity index (χ3v) is 2.19. The van der Waals surface area contributed by atoms with Gasteiger partial charge >= 0.3 is 0 Å². The Morgan fingerprint density at radius 2 is 1.94 bits per heavy atom. The van der Waals surface area contributed by atoms with Crippen LogP contribution in [0.3, 0.4) is 0 Å². The van der Waals surface area contributed by atoms with Gasteiger partial charge < -0.3 is 4.74 Å². The van der Waals surface area contributed by atoms with E-state index in [1.807, 2.05) is 0 Å². The first-order valence-electron chi connectivity index (χ1n) is 4.87. The number of hydrogen-bond donors (Lipinski definition) is 0. The van der Waals surface area contributed by atoms with Gasteiger partial charge in [0.25, 0.3) is 5.85 Å². The van der Waals surface area contributed by atoms with E-state index in [9.17, 15) is 17.6 Å². The van der Waals surface area contributed by atoms with Crippen molar-refractivity contribution in [3.8, 4) is 5.75 Å². The molecule has 5 heteroatoms. The van der Waals surface area contributed by atoms with Crippen LogP contribution in [0, 0.1) is 11.6 Å². The number of alkyl halides is 1. The molecule has 0 heterocycles. The van der Waals surface area contributed by atoms with E-state index in [0.29, 0.717) is 6.08 Å². The summed E-state index contributed by atoms with van der Waals surface area (Å²) in [6, 6.07) is 3.11. The van der Waals surface area contributed by atoms with Gasteiger partial charge in [-0.05, 0) is 18.2 Å². The Balaban J connectivity index is 2.29. The lowest BCUT2D eigenvalue weighted by molar-refractivity contribution is 0.0247. The highest BCUT2D eigenvalue weighted by atomic mass is 19.2. The van der Waals surface area contributed by atoms with E-state index in [2.05, 4.69) is 4.74 Å². The molecule has 0 fully saturated rings. The minimum Gasteiger partial charge on any atom is -0.447 e. The first kappa shape index (κ1) is 11.7. The van der Waals surface area contributed by atoms with Crippen LogP contribution in [0.5, 0.6) is 5.75 Å². The Labute approximate surface area is 95.0 Å². The zero-order chi connectivity index (χ0) is 12.5. The van der Waals surface area contributed by atoms with Crippen molar-refractivity contribution in [3.63, 3.8) is 0 Å². The van der Waals surface area contributed by atoms with Crippen LogP contribution in [-0.4, -0.2) is 5.85 Å². The van der Waals surface area contributed by atoms with Crippen LogP contribution in [0.2, 0.25) is 0 Å². The highest BCUT2D eigenvalue weighted by molar-refractivity contribution is 5.29. The van der Waals surface area contributed by atoms with Crippen molar-refractivity contribution in [1.82, 2.24) is 0 Å². The summed E-state index contributed by atoms with van der Waals surface area (Å²) in [6.07, 6.45) is 2.70. The average molecular weight is 244 g/mol. The van der Waals surface area contributed by atoms with Crippen LogP contribution in [0.25, 0.3) is 0 Å². The van der Waals surface area contributed by atoms with Gasteiger partial charge in [0.2, 0.25) is 5.82 Å². The van der Waals surface area contributed by atoms with Crippen LogP contribution in [0.15, 0.2) is 42.3 Å². The summed E-state index contributed by atoms with van der Waals surface area (Å²) in [4.78, 5) is 0. The van der Waals surface area contributed by atoms with Crippen LogP contribution < -0.4 is 4.74 Å². The van der Waals surface area contributed by atoms with Gasteiger partial charge in [0.05, 0.1) is 0 Å². The maximum absolute atomic E-state index is 13.9. The average Bonchev–Trinajstić information content (AvgIpc) is 2.24. The molecule has 1 aliphatic rings. The lowest BCUT2D eigenvalue weighted by Gasteiger charge is -2.22. The summed E-state index contributed by atoms with van der Waals surface area (Å²) in [7, 11) is 0. The van der Waals surface area contributed by atoms with Gasteiger partial charge in [0.1, 0.15) is 5.83 Å². The quantitative estimate of drug-likeness (QED) is 0.567. The second-order valence-corrected chi connectivity index (χ2v) is 3.55. The maximum atomic E-state index is 13.9. The standard InChI is InChI=1S/C12H8F4O/c13-8-3-2-6-12(16,7-8)17-10-5-1-4-9(14)11(10)15/h1-2,4-7H,3H2. The molecular formula is C12H8F4O. The van der Waals surface area contributed by atoms with Crippen molar-refractivity contribution in [2.75, 3.05) is 0 Å². The predicted octanol–water partition coefficient (Wildman–Crippen LogP) is 3.82. The molecule has 0 N–H and O–H groups in total. The molecule has 0 aromatic heterocycles. The van der Waals surface area contributed by atoms with Gasteiger partial charge in [0, 0.05) is 12.5 Å². The third-order valence-electron chi connectivity index (χ3n) is 2.19. The minimum absolute atomic E-state index is 0.0410. The SMILES string of the molecule is FC1=CC(F)(Oc2cccc(F)c2F)C=CC1. The molecule has 1 atom stereocenters. The first-order chi connectivity index (χ1) is 8.00. The number of benzene rings is 1. The second-order valence-electron chi connectivity index (χ2n) is 3.55. The summed E-state index contributed by atoms with van der Waals surface area (Å²) in [5.41, 5.74) is 0. The molecule has 0 bridgehead atoms. The largest absolute Gasteiger partial charge is 0.447 e. The van der Waals surface area contributed by atoms with Crippen molar-refractivity contribution in [1.29, 1.82) is 0 Å². The van der Waals surface area contributed by atoms with Crippen molar-refractivity contribution in [2.24, 2.45) is 0 Å². The number of ether oxygens (including phenoxy) is 1. The molecule has 17 heavy (non-hydrogen) atoms. The molecule has 0 aliphatic heterocycles. The molecule has 1 nitrogen and oxygen atoms in total. The molecule has 0 spiro atoms. The minimum atomic E-state index is -2.59. The monoisotopic (exact) mass is 244 g/mol. The van der Waals surface area contributed by atoms with Crippen LogP contribution in [0.4, 0.5) is 17.6 Å². The van der Waals surface area contributed by atoms with Crippen molar-refractivity contribution < 1.29 is 22.3 Å². The number of rotatable bonds is 2. The molecule has 0 amide bonds. The molecule has 90 valence electrons. The van der Waals surface area contributed by atoms with Gasteiger partial charge in [-0.3, -0.25) is 0 Å². The van der Waals surface area contributed by atoms with Gasteiger partial charge in [-0.25, -0.2) is 8.78 Å². The smallest absolute Gasteiger partial charge is 0.289 e. The van der Waals surface area contributed by atoms with Gasteiger partial charge in [-0.2, -0.15) is 8.78 Å². The van der Waals surface area contributed by atoms with Gasteiger partial charge in [-0.1, -0.05) is 12.1 Å². The van der Waals surface area contributed by atoms with Crippen LogP contribution in [-0.2, 0) is 0 Å². The fraction of sp³-hybridized carbons (Fsp3) is 0.167.